The van der Waals surface area contributed by atoms with Gasteiger partial charge in [-0.05, 0) is 18.0 Å². The van der Waals surface area contributed by atoms with Crippen molar-refractivity contribution in [3.8, 4) is 0 Å². The molecule has 1 aromatic rings. The number of thiophene rings is 1. The van der Waals surface area contributed by atoms with E-state index in [1.165, 1.54) is 11.3 Å². The fraction of sp³-hybridized carbons (Fsp3) is 0.667. The highest BCUT2D eigenvalue weighted by molar-refractivity contribution is 7.89. The van der Waals surface area contributed by atoms with Gasteiger partial charge in [0.15, 0.2) is 0 Å². The van der Waals surface area contributed by atoms with Crippen molar-refractivity contribution in [1.29, 1.82) is 0 Å². The van der Waals surface area contributed by atoms with Gasteiger partial charge in [0.05, 0.1) is 17.6 Å². The van der Waals surface area contributed by atoms with Gasteiger partial charge >= 0.3 is 0 Å². The predicted octanol–water partition coefficient (Wildman–Crippen LogP) is 0.206. The van der Waals surface area contributed by atoms with Crippen LogP contribution in [0.5, 0.6) is 0 Å². The van der Waals surface area contributed by atoms with Crippen LogP contribution in [0.2, 0.25) is 0 Å². The smallest absolute Gasteiger partial charge is 0.241 e. The molecular weight excluding hydrogens is 298 g/mol. The van der Waals surface area contributed by atoms with Crippen molar-refractivity contribution < 1.29 is 13.2 Å². The van der Waals surface area contributed by atoms with Crippen LogP contribution in [-0.2, 0) is 21.3 Å². The average Bonchev–Trinajstić information content (AvgIpc) is 2.95. The Labute approximate surface area is 124 Å². The van der Waals surface area contributed by atoms with E-state index in [1.807, 2.05) is 0 Å². The molecule has 20 heavy (non-hydrogen) atoms. The molecule has 6 nitrogen and oxygen atoms in total. The third-order valence-electron chi connectivity index (χ3n) is 3.35. The molecule has 0 spiro atoms. The van der Waals surface area contributed by atoms with Crippen LogP contribution < -0.4 is 10.5 Å². The molecule has 8 heteroatoms. The molecular formula is C12H21N3O3S2. The summed E-state index contributed by atoms with van der Waals surface area (Å²) in [6, 6.07) is 1.59. The van der Waals surface area contributed by atoms with Crippen molar-refractivity contribution in [3.05, 3.63) is 16.3 Å². The third-order valence-corrected chi connectivity index (χ3v) is 5.93. The Hall–Kier alpha value is -0.510. The van der Waals surface area contributed by atoms with Gasteiger partial charge in [-0.2, -0.15) is 0 Å². The summed E-state index contributed by atoms with van der Waals surface area (Å²) in [5.74, 6) is 0. The lowest BCUT2D eigenvalue weighted by atomic mass is 10.3. The number of likely N-dealkylation sites (N-methyl/N-ethyl adjacent to an activating group) is 1. The number of ether oxygens (including phenoxy) is 1. The van der Waals surface area contributed by atoms with E-state index in [2.05, 4.69) is 16.5 Å². The van der Waals surface area contributed by atoms with Gasteiger partial charge in [-0.25, -0.2) is 13.1 Å². The maximum absolute atomic E-state index is 12.2. The van der Waals surface area contributed by atoms with E-state index in [4.69, 9.17) is 10.5 Å². The van der Waals surface area contributed by atoms with Gasteiger partial charge < -0.3 is 10.5 Å². The Morgan fingerprint density at radius 3 is 3.10 bits per heavy atom. The van der Waals surface area contributed by atoms with Gasteiger partial charge in [0.2, 0.25) is 10.0 Å². The molecule has 1 aromatic heterocycles. The number of hydrogen-bond acceptors (Lipinski definition) is 6. The topological polar surface area (TPSA) is 84.7 Å². The SMILES string of the molecule is CCN1CCOC(CNS(=O)(=O)c2ccsc2CN)C1. The number of nitrogens with one attached hydrogen (secondary N) is 1. The highest BCUT2D eigenvalue weighted by atomic mass is 32.2. The predicted molar refractivity (Wildman–Crippen MR) is 79.3 cm³/mol. The second-order valence-electron chi connectivity index (χ2n) is 4.65. The zero-order chi connectivity index (χ0) is 14.6. The highest BCUT2D eigenvalue weighted by Gasteiger charge is 2.24. The first-order valence-corrected chi connectivity index (χ1v) is 9.03. The number of nitrogens with zero attached hydrogens (tertiary/aromatic N) is 1. The standard InChI is InChI=1S/C12H21N3O3S2/c1-2-15-4-5-18-10(9-15)8-14-20(16,17)12-3-6-19-11(12)7-13/h3,6,10,14H,2,4-5,7-9,13H2,1H3. The molecule has 2 heterocycles. The second kappa shape index (κ2) is 6.97. The lowest BCUT2D eigenvalue weighted by Crippen LogP contribution is -2.47. The maximum atomic E-state index is 12.2. The van der Waals surface area contributed by atoms with Crippen LogP contribution in [0.3, 0.4) is 0 Å². The first kappa shape index (κ1) is 15.9. The van der Waals surface area contributed by atoms with Gasteiger partial charge in [0.1, 0.15) is 0 Å². The van der Waals surface area contributed by atoms with Crippen LogP contribution in [-0.4, -0.2) is 52.2 Å². The summed E-state index contributed by atoms with van der Waals surface area (Å²) >= 11 is 1.36. The minimum Gasteiger partial charge on any atom is -0.374 e. The molecule has 0 bridgehead atoms. The van der Waals surface area contributed by atoms with Crippen LogP contribution in [0.4, 0.5) is 0 Å². The molecule has 1 saturated heterocycles. The highest BCUT2D eigenvalue weighted by Crippen LogP contribution is 2.21. The van der Waals surface area contributed by atoms with Gasteiger partial charge in [-0.15, -0.1) is 11.3 Å². The zero-order valence-corrected chi connectivity index (χ0v) is 13.2. The molecule has 0 aromatic carbocycles. The first-order valence-electron chi connectivity index (χ1n) is 6.67. The Bertz CT molecular complexity index is 530. The molecule has 114 valence electrons. The van der Waals surface area contributed by atoms with E-state index >= 15 is 0 Å². The van der Waals surface area contributed by atoms with Crippen LogP contribution in [0.15, 0.2) is 16.3 Å². The van der Waals surface area contributed by atoms with Crippen LogP contribution >= 0.6 is 11.3 Å². The number of nitrogens with two attached hydrogens (primary N) is 1. The molecule has 1 fully saturated rings. The normalized spacial score (nSPS) is 21.2. The molecule has 3 N–H and O–H groups in total. The van der Waals surface area contributed by atoms with Gasteiger partial charge in [0.25, 0.3) is 0 Å². The summed E-state index contributed by atoms with van der Waals surface area (Å²) in [5, 5.41) is 1.74. The molecule has 1 unspecified atom stereocenters. The van der Waals surface area contributed by atoms with Crippen molar-refractivity contribution in [3.63, 3.8) is 0 Å². The van der Waals surface area contributed by atoms with E-state index in [-0.39, 0.29) is 17.5 Å². The van der Waals surface area contributed by atoms with Crippen LogP contribution in [0, 0.1) is 0 Å². The Kier molecular flexibility index (Phi) is 5.53. The minimum absolute atomic E-state index is 0.0987. The third kappa shape index (κ3) is 3.78. The van der Waals surface area contributed by atoms with Crippen molar-refractivity contribution >= 4 is 21.4 Å². The van der Waals surface area contributed by atoms with Gasteiger partial charge in [-0.3, -0.25) is 4.90 Å². The molecule has 2 rings (SSSR count). The van der Waals surface area contributed by atoms with Gasteiger partial charge in [0, 0.05) is 31.1 Å². The number of sulfonamides is 1. The quantitative estimate of drug-likeness (QED) is 0.783. The second-order valence-corrected chi connectivity index (χ2v) is 7.39. The van der Waals surface area contributed by atoms with E-state index in [1.54, 1.807) is 11.4 Å². The molecule has 0 saturated carbocycles. The summed E-state index contributed by atoms with van der Waals surface area (Å²) in [5.41, 5.74) is 5.55. The van der Waals surface area contributed by atoms with Crippen molar-refractivity contribution in [1.82, 2.24) is 9.62 Å². The summed E-state index contributed by atoms with van der Waals surface area (Å²) in [7, 11) is -3.50. The molecule has 0 radical (unpaired) electrons. The Morgan fingerprint density at radius 1 is 1.60 bits per heavy atom. The molecule has 0 aliphatic carbocycles. The molecule has 1 aliphatic heterocycles. The number of morpholine rings is 1. The van der Waals surface area contributed by atoms with Crippen molar-refractivity contribution in [2.75, 3.05) is 32.8 Å². The van der Waals surface area contributed by atoms with Crippen LogP contribution in [0.1, 0.15) is 11.8 Å². The monoisotopic (exact) mass is 319 g/mol. The summed E-state index contributed by atoms with van der Waals surface area (Å²) < 4.78 is 32.7. The lowest BCUT2D eigenvalue weighted by molar-refractivity contribution is -0.0229. The van der Waals surface area contributed by atoms with E-state index in [9.17, 15) is 8.42 Å². The lowest BCUT2D eigenvalue weighted by Gasteiger charge is -2.32. The summed E-state index contributed by atoms with van der Waals surface area (Å²) in [6.07, 6.45) is -0.0987. The van der Waals surface area contributed by atoms with Gasteiger partial charge in [-0.1, -0.05) is 6.92 Å². The molecule has 1 aliphatic rings. The van der Waals surface area contributed by atoms with Crippen molar-refractivity contribution in [2.45, 2.75) is 24.5 Å². The molecule has 0 amide bonds. The first-order chi connectivity index (χ1) is 9.56. The Morgan fingerprint density at radius 2 is 2.40 bits per heavy atom. The molecule has 1 atom stereocenters. The zero-order valence-electron chi connectivity index (χ0n) is 11.5. The number of rotatable bonds is 6. The minimum atomic E-state index is -3.50. The summed E-state index contributed by atoms with van der Waals surface area (Å²) in [4.78, 5) is 3.21. The Balaban J connectivity index is 1.96. The number of hydrogen-bond donors (Lipinski definition) is 2. The maximum Gasteiger partial charge on any atom is 0.241 e. The van der Waals surface area contributed by atoms with Crippen LogP contribution in [0.25, 0.3) is 0 Å². The van der Waals surface area contributed by atoms with E-state index < -0.39 is 10.0 Å². The fourth-order valence-electron chi connectivity index (χ4n) is 2.19. The largest absolute Gasteiger partial charge is 0.374 e. The van der Waals surface area contributed by atoms with E-state index in [0.29, 0.717) is 18.0 Å². The summed E-state index contributed by atoms with van der Waals surface area (Å²) in [6.45, 7) is 5.87. The van der Waals surface area contributed by atoms with Crippen molar-refractivity contribution in [2.24, 2.45) is 5.73 Å². The fourth-order valence-corrected chi connectivity index (χ4v) is 4.59. The average molecular weight is 319 g/mol. The van der Waals surface area contributed by atoms with E-state index in [0.717, 1.165) is 19.6 Å².